The average molecular weight is 382 g/mol. The molecule has 0 aliphatic rings. The van der Waals surface area contributed by atoms with Gasteiger partial charge in [-0.25, -0.2) is 9.78 Å². The molecular formula is C20H18N2O4S. The minimum Gasteiger partial charge on any atom is -0.481 e. The minimum atomic E-state index is -0.433. The van der Waals surface area contributed by atoms with Crippen molar-refractivity contribution in [3.05, 3.63) is 48.7 Å². The molecule has 0 saturated carbocycles. The molecule has 0 fully saturated rings. The highest BCUT2D eigenvalue weighted by Gasteiger charge is 2.17. The Morgan fingerprint density at radius 1 is 1.22 bits per heavy atom. The number of hydrogen-bond donors (Lipinski definition) is 0. The van der Waals surface area contributed by atoms with E-state index in [-0.39, 0.29) is 6.61 Å². The summed E-state index contributed by atoms with van der Waals surface area (Å²) in [5.74, 6) is 0.144. The molecule has 2 aromatic heterocycles. The third-order valence-electron chi connectivity index (χ3n) is 4.24. The number of esters is 1. The first-order valence-electron chi connectivity index (χ1n) is 8.54. The van der Waals surface area contributed by atoms with Gasteiger partial charge in [0.05, 0.1) is 28.4 Å². The van der Waals surface area contributed by atoms with Gasteiger partial charge in [-0.2, -0.15) is 0 Å². The molecule has 0 saturated heterocycles. The zero-order valence-corrected chi connectivity index (χ0v) is 15.8. The summed E-state index contributed by atoms with van der Waals surface area (Å²) in [5, 5.41) is 1.70. The van der Waals surface area contributed by atoms with E-state index in [4.69, 9.17) is 14.1 Å². The molecule has 138 valence electrons. The number of carbonyl (C=O) groups excluding carboxylic acids is 1. The highest BCUT2D eigenvalue weighted by Crippen LogP contribution is 2.40. The fourth-order valence-electron chi connectivity index (χ4n) is 2.95. The van der Waals surface area contributed by atoms with E-state index >= 15 is 0 Å². The molecule has 0 spiro atoms. The van der Waals surface area contributed by atoms with Crippen molar-refractivity contribution in [3.8, 4) is 5.75 Å². The van der Waals surface area contributed by atoms with Crippen LogP contribution >= 0.6 is 11.8 Å². The lowest BCUT2D eigenvalue weighted by molar-refractivity contribution is -0.142. The van der Waals surface area contributed by atoms with E-state index < -0.39 is 5.97 Å². The normalized spacial score (nSPS) is 11.2. The number of rotatable bonds is 6. The summed E-state index contributed by atoms with van der Waals surface area (Å²) in [6, 6.07) is 13.6. The Kier molecular flexibility index (Phi) is 4.77. The molecule has 0 aliphatic heterocycles. The summed E-state index contributed by atoms with van der Waals surface area (Å²) in [4.78, 5) is 17.1. The number of benzene rings is 2. The summed E-state index contributed by atoms with van der Waals surface area (Å²) in [6.07, 6.45) is 1.69. The number of carbonyl (C=O) groups is 1. The van der Waals surface area contributed by atoms with Crippen LogP contribution in [0.5, 0.6) is 5.75 Å². The van der Waals surface area contributed by atoms with Crippen LogP contribution in [-0.4, -0.2) is 29.2 Å². The van der Waals surface area contributed by atoms with Crippen LogP contribution in [0.25, 0.3) is 22.0 Å². The summed E-state index contributed by atoms with van der Waals surface area (Å²) < 4.78 is 18.2. The van der Waals surface area contributed by atoms with E-state index in [2.05, 4.69) is 22.3 Å². The number of para-hydroxylation sites is 2. The number of furan rings is 1. The quantitative estimate of drug-likeness (QED) is 0.457. The molecule has 0 amide bonds. The standard InChI is InChI=1S/C20H18N2O4S/c1-3-22-14-8-5-4-7-13(14)21-20(22)27-17-11-25-15-9-6-10-16(19(15)17)26-12-18(23)24-2/h4-11H,3,12H2,1-2H3. The van der Waals surface area contributed by atoms with Crippen LogP contribution in [0, 0.1) is 0 Å². The maximum atomic E-state index is 11.4. The zero-order chi connectivity index (χ0) is 18.8. The Morgan fingerprint density at radius 3 is 2.89 bits per heavy atom. The maximum absolute atomic E-state index is 11.4. The molecule has 6 nitrogen and oxygen atoms in total. The smallest absolute Gasteiger partial charge is 0.343 e. The van der Waals surface area contributed by atoms with Crippen LogP contribution < -0.4 is 4.74 Å². The first-order valence-corrected chi connectivity index (χ1v) is 9.36. The second-order valence-corrected chi connectivity index (χ2v) is 6.83. The highest BCUT2D eigenvalue weighted by atomic mass is 32.2. The SMILES string of the molecule is CCn1c(Sc2coc3cccc(OCC(=O)OC)c23)nc2ccccc21. The molecular weight excluding hydrogens is 364 g/mol. The van der Waals surface area contributed by atoms with Gasteiger partial charge in [0.1, 0.15) is 17.6 Å². The molecule has 0 N–H and O–H groups in total. The third-order valence-corrected chi connectivity index (χ3v) is 5.25. The van der Waals surface area contributed by atoms with E-state index in [9.17, 15) is 4.79 Å². The maximum Gasteiger partial charge on any atom is 0.343 e. The van der Waals surface area contributed by atoms with Crippen molar-refractivity contribution in [2.75, 3.05) is 13.7 Å². The van der Waals surface area contributed by atoms with Crippen molar-refractivity contribution in [1.29, 1.82) is 0 Å². The number of fused-ring (bicyclic) bond motifs is 2. The van der Waals surface area contributed by atoms with Gasteiger partial charge < -0.3 is 18.5 Å². The van der Waals surface area contributed by atoms with Crippen molar-refractivity contribution < 1.29 is 18.7 Å². The number of aryl methyl sites for hydroxylation is 1. The molecule has 0 aliphatic carbocycles. The number of hydrogen-bond acceptors (Lipinski definition) is 6. The second-order valence-electron chi connectivity index (χ2n) is 5.82. The monoisotopic (exact) mass is 382 g/mol. The molecule has 27 heavy (non-hydrogen) atoms. The molecule has 4 aromatic rings. The van der Waals surface area contributed by atoms with Crippen molar-refractivity contribution in [2.24, 2.45) is 0 Å². The number of aromatic nitrogens is 2. The number of nitrogens with zero attached hydrogens (tertiary/aromatic N) is 2. The largest absolute Gasteiger partial charge is 0.481 e. The van der Waals surface area contributed by atoms with Crippen molar-refractivity contribution >= 4 is 39.7 Å². The zero-order valence-electron chi connectivity index (χ0n) is 15.0. The molecule has 0 bridgehead atoms. The Hall–Kier alpha value is -2.93. The third kappa shape index (κ3) is 3.26. The van der Waals surface area contributed by atoms with Gasteiger partial charge in [0.25, 0.3) is 0 Å². The molecule has 2 heterocycles. The fourth-order valence-corrected chi connectivity index (χ4v) is 4.03. The van der Waals surface area contributed by atoms with E-state index in [1.807, 2.05) is 36.4 Å². The van der Waals surface area contributed by atoms with Gasteiger partial charge in [0.15, 0.2) is 11.8 Å². The Bertz CT molecular complexity index is 1120. The van der Waals surface area contributed by atoms with Gasteiger partial charge in [0.2, 0.25) is 0 Å². The van der Waals surface area contributed by atoms with E-state index in [0.717, 1.165) is 33.0 Å². The summed E-state index contributed by atoms with van der Waals surface area (Å²) >= 11 is 1.52. The van der Waals surface area contributed by atoms with Gasteiger partial charge in [-0.05, 0) is 43.0 Å². The lowest BCUT2D eigenvalue weighted by Crippen LogP contribution is -2.12. The van der Waals surface area contributed by atoms with Gasteiger partial charge in [-0.3, -0.25) is 0 Å². The Labute approximate surface area is 160 Å². The van der Waals surface area contributed by atoms with E-state index in [0.29, 0.717) is 11.3 Å². The number of imidazole rings is 1. The molecule has 2 aromatic carbocycles. The fraction of sp³-hybridized carbons (Fsp3) is 0.200. The minimum absolute atomic E-state index is 0.154. The number of methoxy groups -OCH3 is 1. The molecule has 0 atom stereocenters. The van der Waals surface area contributed by atoms with Crippen molar-refractivity contribution in [3.63, 3.8) is 0 Å². The predicted molar refractivity (Wildman–Crippen MR) is 103 cm³/mol. The first-order chi connectivity index (χ1) is 13.2. The van der Waals surface area contributed by atoms with Gasteiger partial charge in [0, 0.05) is 6.54 Å². The van der Waals surface area contributed by atoms with Crippen molar-refractivity contribution in [1.82, 2.24) is 9.55 Å². The van der Waals surface area contributed by atoms with Crippen molar-refractivity contribution in [2.45, 2.75) is 23.5 Å². The Balaban J connectivity index is 1.73. The first kappa shape index (κ1) is 17.5. The molecule has 0 unspecified atom stereocenters. The Morgan fingerprint density at radius 2 is 2.07 bits per heavy atom. The highest BCUT2D eigenvalue weighted by molar-refractivity contribution is 7.99. The van der Waals surface area contributed by atoms with E-state index in [1.165, 1.54) is 18.9 Å². The van der Waals surface area contributed by atoms with Crippen LogP contribution in [0.2, 0.25) is 0 Å². The number of ether oxygens (including phenoxy) is 2. The summed E-state index contributed by atoms with van der Waals surface area (Å²) in [5.41, 5.74) is 2.74. The molecule has 7 heteroatoms. The summed E-state index contributed by atoms with van der Waals surface area (Å²) in [6.45, 7) is 2.75. The topological polar surface area (TPSA) is 66.5 Å². The van der Waals surface area contributed by atoms with Crippen LogP contribution in [0.3, 0.4) is 0 Å². The van der Waals surface area contributed by atoms with Crippen LogP contribution in [0.1, 0.15) is 6.92 Å². The van der Waals surface area contributed by atoms with Gasteiger partial charge in [-0.1, -0.05) is 18.2 Å². The van der Waals surface area contributed by atoms with Crippen LogP contribution in [-0.2, 0) is 16.1 Å². The second kappa shape index (κ2) is 7.36. The molecule has 0 radical (unpaired) electrons. The lowest BCUT2D eigenvalue weighted by Gasteiger charge is -2.08. The lowest BCUT2D eigenvalue weighted by atomic mass is 10.2. The summed E-state index contributed by atoms with van der Waals surface area (Å²) in [7, 11) is 1.33. The van der Waals surface area contributed by atoms with Crippen LogP contribution in [0.15, 0.2) is 63.2 Å². The predicted octanol–water partition coefficient (Wildman–Crippen LogP) is 4.51. The van der Waals surface area contributed by atoms with Gasteiger partial charge >= 0.3 is 5.97 Å². The van der Waals surface area contributed by atoms with E-state index in [1.54, 1.807) is 6.26 Å². The molecule has 4 rings (SSSR count). The van der Waals surface area contributed by atoms with Gasteiger partial charge in [-0.15, -0.1) is 0 Å². The van der Waals surface area contributed by atoms with Crippen LogP contribution in [0.4, 0.5) is 0 Å². The average Bonchev–Trinajstić information content (AvgIpc) is 3.27.